The predicted octanol–water partition coefficient (Wildman–Crippen LogP) is 5.06. The summed E-state index contributed by atoms with van der Waals surface area (Å²) in [5, 5.41) is 0. The molecule has 0 heterocycles. The summed E-state index contributed by atoms with van der Waals surface area (Å²) >= 11 is 0. The Kier molecular flexibility index (Phi) is 4.91. The number of hydrogen-bond donors (Lipinski definition) is 1. The van der Waals surface area contributed by atoms with E-state index in [9.17, 15) is 17.6 Å². The minimum absolute atomic E-state index is 0.00947. The monoisotopic (exact) mass is 303 g/mol. The van der Waals surface area contributed by atoms with E-state index in [0.717, 1.165) is 38.2 Å². The first kappa shape index (κ1) is 16.3. The molecule has 0 amide bonds. The molecule has 1 nitrogen and oxygen atoms in total. The van der Waals surface area contributed by atoms with E-state index < -0.39 is 23.6 Å². The van der Waals surface area contributed by atoms with Gasteiger partial charge in [-0.25, -0.2) is 4.39 Å². The molecule has 0 spiro atoms. The van der Waals surface area contributed by atoms with Crippen LogP contribution in [0.25, 0.3) is 0 Å². The van der Waals surface area contributed by atoms with Crippen LogP contribution in [0.4, 0.5) is 17.6 Å². The van der Waals surface area contributed by atoms with Gasteiger partial charge in [0.25, 0.3) is 0 Å². The third-order valence-corrected chi connectivity index (χ3v) is 4.67. The maximum absolute atomic E-state index is 14.1. The number of hydrogen-bond acceptors (Lipinski definition) is 1. The summed E-state index contributed by atoms with van der Waals surface area (Å²) in [6, 6.07) is 2.71. The first-order chi connectivity index (χ1) is 9.84. The summed E-state index contributed by atoms with van der Waals surface area (Å²) in [5.41, 5.74) is 4.83. The molecule has 1 saturated carbocycles. The fourth-order valence-electron chi connectivity index (χ4n) is 3.24. The van der Waals surface area contributed by atoms with Gasteiger partial charge in [-0.15, -0.1) is 0 Å². The van der Waals surface area contributed by atoms with Crippen molar-refractivity contribution >= 4 is 0 Å². The zero-order chi connectivity index (χ0) is 15.6. The summed E-state index contributed by atoms with van der Waals surface area (Å²) in [5.74, 6) is -0.485. The van der Waals surface area contributed by atoms with E-state index >= 15 is 0 Å². The molecular formula is C16H21F4N. The SMILES string of the molecule is CCC1CCC(C(N)c2cccc(C(F)(F)F)c2F)CC1. The summed E-state index contributed by atoms with van der Waals surface area (Å²) in [6.07, 6.45) is 0.190. The number of nitrogens with two attached hydrogens (primary N) is 1. The van der Waals surface area contributed by atoms with Crippen LogP contribution in [0.1, 0.15) is 56.2 Å². The topological polar surface area (TPSA) is 26.0 Å². The minimum Gasteiger partial charge on any atom is -0.324 e. The van der Waals surface area contributed by atoms with Gasteiger partial charge in [0.1, 0.15) is 5.82 Å². The molecule has 0 aromatic heterocycles. The van der Waals surface area contributed by atoms with Crippen molar-refractivity contribution in [3.8, 4) is 0 Å². The van der Waals surface area contributed by atoms with Crippen LogP contribution in [-0.4, -0.2) is 0 Å². The Morgan fingerprint density at radius 1 is 1.19 bits per heavy atom. The Hall–Kier alpha value is -1.10. The molecule has 1 unspecified atom stereocenters. The van der Waals surface area contributed by atoms with Gasteiger partial charge in [0.2, 0.25) is 0 Å². The molecule has 1 aliphatic rings. The van der Waals surface area contributed by atoms with Crippen molar-refractivity contribution in [2.75, 3.05) is 0 Å². The van der Waals surface area contributed by atoms with Gasteiger partial charge in [-0.05, 0) is 30.7 Å². The lowest BCUT2D eigenvalue weighted by Gasteiger charge is -2.32. The molecule has 2 N–H and O–H groups in total. The van der Waals surface area contributed by atoms with E-state index in [1.807, 2.05) is 0 Å². The Morgan fingerprint density at radius 3 is 2.33 bits per heavy atom. The van der Waals surface area contributed by atoms with Gasteiger partial charge in [-0.3, -0.25) is 0 Å². The molecule has 1 fully saturated rings. The van der Waals surface area contributed by atoms with E-state index in [2.05, 4.69) is 6.92 Å². The second-order valence-electron chi connectivity index (χ2n) is 5.92. The summed E-state index contributed by atoms with van der Waals surface area (Å²) in [7, 11) is 0. The average Bonchev–Trinajstić information content (AvgIpc) is 2.45. The molecule has 0 saturated heterocycles. The van der Waals surface area contributed by atoms with Gasteiger partial charge in [0.15, 0.2) is 0 Å². The molecule has 0 bridgehead atoms. The molecule has 1 aromatic rings. The van der Waals surface area contributed by atoms with Crippen molar-refractivity contribution in [3.05, 3.63) is 35.1 Å². The minimum atomic E-state index is -4.68. The molecule has 0 radical (unpaired) electrons. The Balaban J connectivity index is 2.18. The van der Waals surface area contributed by atoms with Crippen molar-refractivity contribution in [2.45, 2.75) is 51.2 Å². The molecule has 2 rings (SSSR count). The largest absolute Gasteiger partial charge is 0.419 e. The Labute approximate surface area is 122 Å². The third kappa shape index (κ3) is 3.57. The van der Waals surface area contributed by atoms with Gasteiger partial charge >= 0.3 is 6.18 Å². The third-order valence-electron chi connectivity index (χ3n) is 4.67. The van der Waals surface area contributed by atoms with E-state index in [0.29, 0.717) is 5.92 Å². The van der Waals surface area contributed by atoms with E-state index in [-0.39, 0.29) is 11.5 Å². The number of halogens is 4. The van der Waals surface area contributed by atoms with Gasteiger partial charge in [0, 0.05) is 11.6 Å². The maximum Gasteiger partial charge on any atom is 0.419 e. The van der Waals surface area contributed by atoms with Gasteiger partial charge in [0.05, 0.1) is 5.56 Å². The molecule has 1 aliphatic carbocycles. The van der Waals surface area contributed by atoms with Crippen LogP contribution in [0, 0.1) is 17.7 Å². The summed E-state index contributed by atoms with van der Waals surface area (Å²) in [4.78, 5) is 0. The van der Waals surface area contributed by atoms with Crippen molar-refractivity contribution in [1.29, 1.82) is 0 Å². The highest BCUT2D eigenvalue weighted by Gasteiger charge is 2.36. The van der Waals surface area contributed by atoms with E-state index in [1.165, 1.54) is 12.1 Å². The average molecular weight is 303 g/mol. The van der Waals surface area contributed by atoms with Crippen molar-refractivity contribution in [1.82, 2.24) is 0 Å². The van der Waals surface area contributed by atoms with Gasteiger partial charge < -0.3 is 5.73 Å². The number of alkyl halides is 3. The zero-order valence-corrected chi connectivity index (χ0v) is 12.1. The highest BCUT2D eigenvalue weighted by atomic mass is 19.4. The smallest absolute Gasteiger partial charge is 0.324 e. The van der Waals surface area contributed by atoms with Crippen LogP contribution in [0.15, 0.2) is 18.2 Å². The first-order valence-electron chi connectivity index (χ1n) is 7.45. The summed E-state index contributed by atoms with van der Waals surface area (Å²) < 4.78 is 52.4. The van der Waals surface area contributed by atoms with E-state index in [4.69, 9.17) is 5.73 Å². The van der Waals surface area contributed by atoms with Crippen LogP contribution >= 0.6 is 0 Å². The van der Waals surface area contributed by atoms with Crippen molar-refractivity contribution in [3.63, 3.8) is 0 Å². The van der Waals surface area contributed by atoms with Crippen molar-refractivity contribution in [2.24, 2.45) is 17.6 Å². The van der Waals surface area contributed by atoms with Crippen LogP contribution in [-0.2, 0) is 6.18 Å². The highest BCUT2D eigenvalue weighted by Crippen LogP contribution is 2.39. The van der Waals surface area contributed by atoms with Crippen molar-refractivity contribution < 1.29 is 17.6 Å². The first-order valence-corrected chi connectivity index (χ1v) is 7.45. The zero-order valence-electron chi connectivity index (χ0n) is 12.1. The molecule has 0 aliphatic heterocycles. The lowest BCUT2D eigenvalue weighted by Crippen LogP contribution is -2.27. The molecule has 5 heteroatoms. The quantitative estimate of drug-likeness (QED) is 0.776. The molecule has 1 atom stereocenters. The van der Waals surface area contributed by atoms with Crippen LogP contribution < -0.4 is 5.73 Å². The fraction of sp³-hybridized carbons (Fsp3) is 0.625. The second kappa shape index (κ2) is 6.34. The number of benzene rings is 1. The molecule has 118 valence electrons. The highest BCUT2D eigenvalue weighted by molar-refractivity contribution is 5.30. The predicted molar refractivity (Wildman–Crippen MR) is 74.1 cm³/mol. The maximum atomic E-state index is 14.1. The van der Waals surface area contributed by atoms with Crippen LogP contribution in [0.2, 0.25) is 0 Å². The Bertz CT molecular complexity index is 476. The van der Waals surface area contributed by atoms with Gasteiger partial charge in [-0.1, -0.05) is 38.3 Å². The second-order valence-corrected chi connectivity index (χ2v) is 5.92. The lowest BCUT2D eigenvalue weighted by atomic mass is 9.76. The Morgan fingerprint density at radius 2 is 1.81 bits per heavy atom. The fourth-order valence-corrected chi connectivity index (χ4v) is 3.24. The molecular weight excluding hydrogens is 282 g/mol. The van der Waals surface area contributed by atoms with Crippen LogP contribution in [0.5, 0.6) is 0 Å². The summed E-state index contributed by atoms with van der Waals surface area (Å²) in [6.45, 7) is 2.14. The van der Waals surface area contributed by atoms with Crippen LogP contribution in [0.3, 0.4) is 0 Å². The molecule has 21 heavy (non-hydrogen) atoms. The normalized spacial score (nSPS) is 24.9. The standard InChI is InChI=1S/C16H21F4N/c1-2-10-6-8-11(9-7-10)15(21)12-4-3-5-13(14(12)17)16(18,19)20/h3-5,10-11,15H,2,6-9,21H2,1H3. The molecule has 1 aromatic carbocycles. The van der Waals surface area contributed by atoms with Gasteiger partial charge in [-0.2, -0.15) is 13.2 Å². The lowest BCUT2D eigenvalue weighted by molar-refractivity contribution is -0.140. The van der Waals surface area contributed by atoms with E-state index in [1.54, 1.807) is 0 Å². The number of rotatable bonds is 3.